The number of aromatic nitrogens is 1. The number of nitrogens with one attached hydrogen (secondary N) is 1. The normalized spacial score (nSPS) is 18.4. The molecule has 0 spiro atoms. The zero-order valence-corrected chi connectivity index (χ0v) is 23.8. The van der Waals surface area contributed by atoms with E-state index in [9.17, 15) is 9.59 Å². The molecular formula is C33H31FN4O5. The fraction of sp³-hybridized carbons (Fsp3) is 0.333. The largest absolute Gasteiger partial charge is 0.456 e. The predicted molar refractivity (Wildman–Crippen MR) is 162 cm³/mol. The van der Waals surface area contributed by atoms with Crippen molar-refractivity contribution in [2.24, 2.45) is 0 Å². The van der Waals surface area contributed by atoms with E-state index in [1.54, 1.807) is 15.7 Å². The molecule has 220 valence electrons. The molecule has 1 amide bonds. The molecule has 5 aromatic rings. The number of nitrogens with zero attached hydrogens (tertiary/aromatic N) is 3. The average Bonchev–Trinajstić information content (AvgIpc) is 3.61. The van der Waals surface area contributed by atoms with Gasteiger partial charge in [-0.1, -0.05) is 18.2 Å². The Bertz CT molecular complexity index is 1990. The van der Waals surface area contributed by atoms with Gasteiger partial charge < -0.3 is 33.6 Å². The molecule has 0 bridgehead atoms. The highest BCUT2D eigenvalue weighted by molar-refractivity contribution is 6.07. The van der Waals surface area contributed by atoms with Gasteiger partial charge in [-0.2, -0.15) is 0 Å². The summed E-state index contributed by atoms with van der Waals surface area (Å²) in [5, 5.41) is 5.16. The van der Waals surface area contributed by atoms with E-state index in [2.05, 4.69) is 17.3 Å². The van der Waals surface area contributed by atoms with Gasteiger partial charge in [0.05, 0.1) is 24.3 Å². The van der Waals surface area contributed by atoms with Gasteiger partial charge in [0.2, 0.25) is 5.43 Å². The summed E-state index contributed by atoms with van der Waals surface area (Å²) in [5.41, 5.74) is 2.04. The lowest BCUT2D eigenvalue weighted by Crippen LogP contribution is -2.42. The number of likely N-dealkylation sites (tertiary alicyclic amines) is 1. The highest BCUT2D eigenvalue weighted by Gasteiger charge is 2.31. The van der Waals surface area contributed by atoms with Gasteiger partial charge in [0.25, 0.3) is 5.91 Å². The first-order valence-corrected chi connectivity index (χ1v) is 14.8. The van der Waals surface area contributed by atoms with Crippen molar-refractivity contribution in [1.82, 2.24) is 14.4 Å². The van der Waals surface area contributed by atoms with Gasteiger partial charge in [-0.25, -0.2) is 4.39 Å². The molecule has 8 rings (SSSR count). The van der Waals surface area contributed by atoms with E-state index < -0.39 is 17.2 Å². The molecule has 43 heavy (non-hydrogen) atoms. The molecule has 3 aliphatic heterocycles. The summed E-state index contributed by atoms with van der Waals surface area (Å²) in [6, 6.07) is 13.1. The minimum Gasteiger partial charge on any atom is -0.456 e. The van der Waals surface area contributed by atoms with E-state index in [0.29, 0.717) is 61.4 Å². The van der Waals surface area contributed by atoms with Crippen LogP contribution in [0.3, 0.4) is 0 Å². The Morgan fingerprint density at radius 2 is 1.88 bits per heavy atom. The number of benzene rings is 3. The maximum atomic E-state index is 15.9. The van der Waals surface area contributed by atoms with Crippen molar-refractivity contribution in [2.75, 3.05) is 51.8 Å². The molecule has 0 aliphatic carbocycles. The first-order valence-electron chi connectivity index (χ1n) is 14.8. The third-order valence-corrected chi connectivity index (χ3v) is 9.10. The summed E-state index contributed by atoms with van der Waals surface area (Å²) in [4.78, 5) is 31.4. The molecule has 1 N–H and O–H groups in total. The Morgan fingerprint density at radius 3 is 2.70 bits per heavy atom. The highest BCUT2D eigenvalue weighted by Crippen LogP contribution is 2.47. The molecule has 3 aliphatic rings. The van der Waals surface area contributed by atoms with Crippen molar-refractivity contribution in [3.05, 3.63) is 70.3 Å². The number of rotatable bonds is 5. The van der Waals surface area contributed by atoms with Crippen LogP contribution in [0.1, 0.15) is 29.6 Å². The fourth-order valence-corrected chi connectivity index (χ4v) is 6.80. The van der Waals surface area contributed by atoms with E-state index in [0.717, 1.165) is 42.2 Å². The van der Waals surface area contributed by atoms with Crippen molar-refractivity contribution in [3.8, 4) is 17.2 Å². The second-order valence-electron chi connectivity index (χ2n) is 11.6. The third kappa shape index (κ3) is 4.19. The van der Waals surface area contributed by atoms with Crippen LogP contribution >= 0.6 is 0 Å². The maximum Gasteiger partial charge on any atom is 0.259 e. The SMILES string of the molecule is CN1CCCC1CCNc1c(F)cc2c(=O)c(C(=O)N3CCOCC3)cn3c2c1Oc1cc2c(cc1-3)oc1ccccc12. The van der Waals surface area contributed by atoms with Crippen LogP contribution in [0.4, 0.5) is 10.1 Å². The maximum absolute atomic E-state index is 15.9. The number of halogens is 1. The van der Waals surface area contributed by atoms with Crippen LogP contribution in [0.15, 0.2) is 57.9 Å². The molecule has 2 saturated heterocycles. The summed E-state index contributed by atoms with van der Waals surface area (Å²) in [6.45, 7) is 3.18. The number of fused-ring (bicyclic) bond motifs is 5. The summed E-state index contributed by atoms with van der Waals surface area (Å²) in [6.07, 6.45) is 4.69. The lowest BCUT2D eigenvalue weighted by molar-refractivity contribution is 0.0302. The average molecular weight is 583 g/mol. The molecular weight excluding hydrogens is 551 g/mol. The van der Waals surface area contributed by atoms with Gasteiger partial charge in [-0.05, 0) is 51.1 Å². The van der Waals surface area contributed by atoms with Crippen LogP contribution < -0.4 is 15.5 Å². The number of carbonyl (C=O) groups is 1. The number of morpholine rings is 1. The van der Waals surface area contributed by atoms with Gasteiger partial charge in [-0.15, -0.1) is 0 Å². The van der Waals surface area contributed by atoms with Crippen LogP contribution in [0.5, 0.6) is 11.5 Å². The molecule has 3 aromatic carbocycles. The van der Waals surface area contributed by atoms with Crippen molar-refractivity contribution < 1.29 is 23.1 Å². The third-order valence-electron chi connectivity index (χ3n) is 9.10. The van der Waals surface area contributed by atoms with E-state index in [1.807, 2.05) is 36.4 Å². The smallest absolute Gasteiger partial charge is 0.259 e. The van der Waals surface area contributed by atoms with Crippen molar-refractivity contribution in [3.63, 3.8) is 0 Å². The number of furan rings is 1. The lowest BCUT2D eigenvalue weighted by Gasteiger charge is -2.29. The van der Waals surface area contributed by atoms with E-state index in [4.69, 9.17) is 13.9 Å². The van der Waals surface area contributed by atoms with Crippen molar-refractivity contribution in [2.45, 2.75) is 25.3 Å². The summed E-state index contributed by atoms with van der Waals surface area (Å²) < 4.78 is 35.7. The van der Waals surface area contributed by atoms with Gasteiger partial charge in [0, 0.05) is 48.7 Å². The monoisotopic (exact) mass is 582 g/mol. The number of hydrogen-bond acceptors (Lipinski definition) is 7. The molecule has 0 radical (unpaired) electrons. The van der Waals surface area contributed by atoms with Crippen LogP contribution in [-0.4, -0.2) is 72.8 Å². The molecule has 0 saturated carbocycles. The molecule has 10 heteroatoms. The number of ether oxygens (including phenoxy) is 2. The molecule has 1 unspecified atom stereocenters. The van der Waals surface area contributed by atoms with Gasteiger partial charge in [0.15, 0.2) is 17.3 Å². The number of anilines is 1. The quantitative estimate of drug-likeness (QED) is 0.287. The molecule has 2 fully saturated rings. The minimum absolute atomic E-state index is 0.0257. The summed E-state index contributed by atoms with van der Waals surface area (Å²) in [7, 11) is 2.12. The minimum atomic E-state index is -0.597. The second-order valence-corrected chi connectivity index (χ2v) is 11.6. The molecule has 1 atom stereocenters. The Morgan fingerprint density at radius 1 is 1.05 bits per heavy atom. The Hall–Kier alpha value is -4.41. The van der Waals surface area contributed by atoms with Crippen LogP contribution in [0.2, 0.25) is 0 Å². The number of amides is 1. The topological polar surface area (TPSA) is 89.2 Å². The summed E-state index contributed by atoms with van der Waals surface area (Å²) >= 11 is 0. The van der Waals surface area contributed by atoms with E-state index in [-0.39, 0.29) is 22.4 Å². The Labute approximate surface area is 246 Å². The lowest BCUT2D eigenvalue weighted by atomic mass is 10.0. The second kappa shape index (κ2) is 10.1. The number of hydrogen-bond donors (Lipinski definition) is 1. The summed E-state index contributed by atoms with van der Waals surface area (Å²) in [5.74, 6) is -0.288. The van der Waals surface area contributed by atoms with Crippen molar-refractivity contribution >= 4 is 44.4 Å². The van der Waals surface area contributed by atoms with Gasteiger partial charge in [-0.3, -0.25) is 9.59 Å². The number of pyridine rings is 1. The molecule has 2 aromatic heterocycles. The number of carbonyl (C=O) groups excluding carboxylic acids is 1. The van der Waals surface area contributed by atoms with Crippen LogP contribution in [-0.2, 0) is 4.74 Å². The van der Waals surface area contributed by atoms with Gasteiger partial charge in [0.1, 0.15) is 27.9 Å². The zero-order chi connectivity index (χ0) is 29.2. The predicted octanol–water partition coefficient (Wildman–Crippen LogP) is 5.50. The number of para-hydroxylation sites is 1. The molecule has 9 nitrogen and oxygen atoms in total. The van der Waals surface area contributed by atoms with Crippen molar-refractivity contribution in [1.29, 1.82) is 0 Å². The first-order chi connectivity index (χ1) is 21.0. The fourth-order valence-electron chi connectivity index (χ4n) is 6.80. The zero-order valence-electron chi connectivity index (χ0n) is 23.8. The van der Waals surface area contributed by atoms with Gasteiger partial charge >= 0.3 is 0 Å². The molecule has 5 heterocycles. The standard InChI is InChI=1S/C33H31FN4O5/c1-36-10-4-5-19(36)8-9-35-29-24(34)15-22-30-32(29)43-28-16-21-20-6-2-3-7-26(20)42-27(21)17-25(28)38(30)18-23(31(22)39)33(40)37-11-13-41-14-12-37/h2-3,6-7,15-19,35H,4-5,8-14H2,1H3. The van der Waals surface area contributed by atoms with Crippen LogP contribution in [0.25, 0.3) is 38.5 Å². The Kier molecular flexibility index (Phi) is 6.16. The highest BCUT2D eigenvalue weighted by atomic mass is 19.1. The van der Waals surface area contributed by atoms with E-state index in [1.165, 1.54) is 6.07 Å². The Balaban J connectivity index is 1.31. The first kappa shape index (κ1) is 26.2. The van der Waals surface area contributed by atoms with E-state index >= 15 is 4.39 Å². The van der Waals surface area contributed by atoms with Crippen LogP contribution in [0, 0.1) is 5.82 Å².